The van der Waals surface area contributed by atoms with E-state index in [1.807, 2.05) is 13.8 Å². The minimum absolute atomic E-state index is 0.0148. The van der Waals surface area contributed by atoms with Crippen LogP contribution in [0.2, 0.25) is 0 Å². The molecule has 0 saturated heterocycles. The Morgan fingerprint density at radius 2 is 1.69 bits per heavy atom. The van der Waals surface area contributed by atoms with Crippen LogP contribution in [0.15, 0.2) is 4.79 Å². The van der Waals surface area contributed by atoms with Gasteiger partial charge in [0.1, 0.15) is 0 Å². The van der Waals surface area contributed by atoms with Crippen molar-refractivity contribution in [2.45, 2.75) is 40.0 Å². The van der Waals surface area contributed by atoms with Crippen molar-refractivity contribution in [3.8, 4) is 0 Å². The monoisotopic (exact) mass is 180 g/mol. The molecule has 1 heterocycles. The molecule has 1 aromatic rings. The summed E-state index contributed by atoms with van der Waals surface area (Å²) in [4.78, 5) is 11.2. The predicted molar refractivity (Wildman–Crippen MR) is 53.0 cm³/mol. The topological polar surface area (TPSA) is 45.8 Å². The minimum Gasteiger partial charge on any atom is -0.268 e. The van der Waals surface area contributed by atoms with Gasteiger partial charge in [-0.05, 0) is 19.4 Å². The first kappa shape index (κ1) is 9.96. The summed E-state index contributed by atoms with van der Waals surface area (Å²) < 4.78 is 0. The number of rotatable bonds is 0. The van der Waals surface area contributed by atoms with E-state index < -0.39 is 0 Å². The molecule has 72 valence electrons. The van der Waals surface area contributed by atoms with Crippen LogP contribution in [0.5, 0.6) is 0 Å². The molecule has 1 N–H and O–H groups in total. The number of aromatic nitrogens is 2. The van der Waals surface area contributed by atoms with E-state index in [0.29, 0.717) is 0 Å². The lowest BCUT2D eigenvalue weighted by Crippen LogP contribution is -2.23. The van der Waals surface area contributed by atoms with Crippen LogP contribution in [0.4, 0.5) is 0 Å². The van der Waals surface area contributed by atoms with E-state index in [4.69, 9.17) is 0 Å². The average Bonchev–Trinajstić information content (AvgIpc) is 1.98. The fourth-order valence-electron chi connectivity index (χ4n) is 1.35. The number of nitrogens with one attached hydrogen (secondary N) is 1. The lowest BCUT2D eigenvalue weighted by molar-refractivity contribution is 0.550. The van der Waals surface area contributed by atoms with Crippen molar-refractivity contribution in [1.29, 1.82) is 0 Å². The van der Waals surface area contributed by atoms with Crippen molar-refractivity contribution >= 4 is 0 Å². The Bertz CT molecular complexity index is 371. The van der Waals surface area contributed by atoms with Gasteiger partial charge in [0.25, 0.3) is 5.56 Å². The Morgan fingerprint density at radius 3 is 2.15 bits per heavy atom. The van der Waals surface area contributed by atoms with Gasteiger partial charge in [-0.2, -0.15) is 5.10 Å². The number of hydrogen-bond donors (Lipinski definition) is 1. The third kappa shape index (κ3) is 1.79. The molecule has 0 aromatic carbocycles. The zero-order chi connectivity index (χ0) is 10.2. The fourth-order valence-corrected chi connectivity index (χ4v) is 1.35. The first-order valence-corrected chi connectivity index (χ1v) is 4.40. The van der Waals surface area contributed by atoms with Crippen molar-refractivity contribution in [1.82, 2.24) is 10.2 Å². The third-order valence-electron chi connectivity index (χ3n) is 2.24. The molecule has 0 aliphatic carbocycles. The summed E-state index contributed by atoms with van der Waals surface area (Å²) in [5.41, 5.74) is 2.62. The summed E-state index contributed by atoms with van der Waals surface area (Å²) in [6.45, 7) is 10.0. The van der Waals surface area contributed by atoms with Gasteiger partial charge < -0.3 is 0 Å². The lowest BCUT2D eigenvalue weighted by atomic mass is 9.88. The van der Waals surface area contributed by atoms with Crippen molar-refractivity contribution in [2.75, 3.05) is 0 Å². The lowest BCUT2D eigenvalue weighted by Gasteiger charge is -2.19. The molecule has 0 fully saturated rings. The maximum absolute atomic E-state index is 11.2. The zero-order valence-electron chi connectivity index (χ0n) is 8.86. The Balaban J connectivity index is 3.44. The van der Waals surface area contributed by atoms with E-state index in [2.05, 4.69) is 31.0 Å². The molecule has 1 rings (SSSR count). The standard InChI is InChI=1S/C10H16N2O/c1-6-7(2)9(13)12-11-8(6)10(3,4)5/h1-5H3,(H,12,13). The maximum Gasteiger partial charge on any atom is 0.267 e. The van der Waals surface area contributed by atoms with Gasteiger partial charge in [0.05, 0.1) is 5.69 Å². The van der Waals surface area contributed by atoms with Crippen molar-refractivity contribution in [2.24, 2.45) is 0 Å². The van der Waals surface area contributed by atoms with Crippen LogP contribution in [0, 0.1) is 13.8 Å². The van der Waals surface area contributed by atoms with Gasteiger partial charge in [-0.3, -0.25) is 4.79 Å². The minimum atomic E-state index is -0.0921. The van der Waals surface area contributed by atoms with Crippen LogP contribution in [0.1, 0.15) is 37.6 Å². The zero-order valence-corrected chi connectivity index (χ0v) is 8.86. The highest BCUT2D eigenvalue weighted by atomic mass is 16.1. The van der Waals surface area contributed by atoms with Crippen LogP contribution >= 0.6 is 0 Å². The molecule has 0 aliphatic rings. The largest absolute Gasteiger partial charge is 0.268 e. The summed E-state index contributed by atoms with van der Waals surface area (Å²) in [5, 5.41) is 6.58. The molecule has 3 nitrogen and oxygen atoms in total. The highest BCUT2D eigenvalue weighted by Gasteiger charge is 2.19. The Morgan fingerprint density at radius 1 is 1.15 bits per heavy atom. The highest BCUT2D eigenvalue weighted by molar-refractivity contribution is 5.29. The van der Waals surface area contributed by atoms with Gasteiger partial charge in [-0.25, -0.2) is 5.10 Å². The van der Waals surface area contributed by atoms with Gasteiger partial charge in [0.15, 0.2) is 0 Å². The van der Waals surface area contributed by atoms with Crippen LogP contribution in [0.25, 0.3) is 0 Å². The normalized spacial score (nSPS) is 11.8. The molecule has 0 saturated carbocycles. The number of aromatic amines is 1. The van der Waals surface area contributed by atoms with Gasteiger partial charge in [-0.1, -0.05) is 20.8 Å². The molecule has 0 amide bonds. The number of hydrogen-bond acceptors (Lipinski definition) is 2. The summed E-state index contributed by atoms with van der Waals surface area (Å²) in [6, 6.07) is 0. The number of nitrogens with zero attached hydrogens (tertiary/aromatic N) is 1. The summed E-state index contributed by atoms with van der Waals surface area (Å²) in [7, 11) is 0. The smallest absolute Gasteiger partial charge is 0.267 e. The first-order valence-electron chi connectivity index (χ1n) is 4.40. The molecule has 0 atom stereocenters. The molecular weight excluding hydrogens is 164 g/mol. The molecule has 0 radical (unpaired) electrons. The van der Waals surface area contributed by atoms with E-state index in [9.17, 15) is 4.79 Å². The molecule has 0 bridgehead atoms. The van der Waals surface area contributed by atoms with Crippen molar-refractivity contribution in [3.63, 3.8) is 0 Å². The van der Waals surface area contributed by atoms with Gasteiger partial charge in [-0.15, -0.1) is 0 Å². The first-order chi connectivity index (χ1) is 5.84. The van der Waals surface area contributed by atoms with E-state index in [0.717, 1.165) is 16.8 Å². The second-order valence-corrected chi connectivity index (χ2v) is 4.40. The van der Waals surface area contributed by atoms with E-state index in [1.54, 1.807) is 0 Å². The second kappa shape index (κ2) is 2.98. The molecule has 3 heteroatoms. The van der Waals surface area contributed by atoms with Crippen LogP contribution < -0.4 is 5.56 Å². The molecule has 1 aromatic heterocycles. The van der Waals surface area contributed by atoms with Crippen LogP contribution in [-0.2, 0) is 5.41 Å². The second-order valence-electron chi connectivity index (χ2n) is 4.40. The Kier molecular flexibility index (Phi) is 2.28. The molecule has 0 unspecified atom stereocenters. The van der Waals surface area contributed by atoms with Gasteiger partial charge in [0.2, 0.25) is 0 Å². The quantitative estimate of drug-likeness (QED) is 0.660. The van der Waals surface area contributed by atoms with Crippen molar-refractivity contribution < 1.29 is 0 Å². The van der Waals surface area contributed by atoms with E-state index in [1.165, 1.54) is 0 Å². The molecular formula is C10H16N2O. The molecule has 0 aliphatic heterocycles. The average molecular weight is 180 g/mol. The van der Waals surface area contributed by atoms with Crippen LogP contribution in [0.3, 0.4) is 0 Å². The predicted octanol–water partition coefficient (Wildman–Crippen LogP) is 1.68. The summed E-state index contributed by atoms with van der Waals surface area (Å²) in [5.74, 6) is 0. The van der Waals surface area contributed by atoms with Crippen LogP contribution in [-0.4, -0.2) is 10.2 Å². The SMILES string of the molecule is Cc1c(C(C)(C)C)n[nH]c(=O)c1C. The molecule has 13 heavy (non-hydrogen) atoms. The highest BCUT2D eigenvalue weighted by Crippen LogP contribution is 2.22. The fraction of sp³-hybridized carbons (Fsp3) is 0.600. The number of H-pyrrole nitrogens is 1. The Labute approximate surface area is 78.2 Å². The van der Waals surface area contributed by atoms with E-state index >= 15 is 0 Å². The summed E-state index contributed by atoms with van der Waals surface area (Å²) in [6.07, 6.45) is 0. The van der Waals surface area contributed by atoms with Crippen molar-refractivity contribution in [3.05, 3.63) is 27.2 Å². The summed E-state index contributed by atoms with van der Waals surface area (Å²) >= 11 is 0. The Hall–Kier alpha value is -1.12. The third-order valence-corrected chi connectivity index (χ3v) is 2.24. The molecule has 0 spiro atoms. The van der Waals surface area contributed by atoms with E-state index in [-0.39, 0.29) is 11.0 Å². The van der Waals surface area contributed by atoms with Gasteiger partial charge in [0, 0.05) is 11.0 Å². The maximum atomic E-state index is 11.2. The van der Waals surface area contributed by atoms with Gasteiger partial charge >= 0.3 is 0 Å².